The van der Waals surface area contributed by atoms with Crippen molar-refractivity contribution in [1.82, 2.24) is 15.6 Å². The predicted octanol–water partition coefficient (Wildman–Crippen LogP) is 4.30. The van der Waals surface area contributed by atoms with E-state index in [9.17, 15) is 0 Å². The molecule has 1 heterocycles. The van der Waals surface area contributed by atoms with Crippen LogP contribution in [-0.4, -0.2) is 24.1 Å². The molecule has 0 saturated heterocycles. The van der Waals surface area contributed by atoms with Crippen LogP contribution in [0.2, 0.25) is 0 Å². The lowest BCUT2D eigenvalue weighted by Gasteiger charge is -2.12. The number of aliphatic imine (C=N–C) groups is 1. The second kappa shape index (κ2) is 9.78. The molecule has 152 valence electrons. The summed E-state index contributed by atoms with van der Waals surface area (Å²) in [6, 6.07) is 16.2. The minimum absolute atomic E-state index is 0.171. The van der Waals surface area contributed by atoms with E-state index in [1.165, 1.54) is 5.56 Å². The Kier molecular flexibility index (Phi) is 6.89. The highest BCUT2D eigenvalue weighted by Gasteiger charge is 2.07. The number of benzene rings is 2. The first-order valence-corrected chi connectivity index (χ1v) is 9.75. The fourth-order valence-corrected chi connectivity index (χ4v) is 2.76. The third-order valence-electron chi connectivity index (χ3n) is 4.27. The Morgan fingerprint density at radius 2 is 1.72 bits per heavy atom. The number of ether oxygens (including phenoxy) is 1. The molecule has 2 N–H and O–H groups in total. The van der Waals surface area contributed by atoms with Gasteiger partial charge in [0.15, 0.2) is 5.96 Å². The van der Waals surface area contributed by atoms with Crippen LogP contribution in [0, 0.1) is 6.92 Å². The molecule has 0 unspecified atom stereocenters. The maximum atomic E-state index is 5.67. The molecular weight excluding hydrogens is 364 g/mol. The predicted molar refractivity (Wildman–Crippen MR) is 116 cm³/mol. The van der Waals surface area contributed by atoms with Crippen LogP contribution >= 0.6 is 0 Å². The highest BCUT2D eigenvalue weighted by molar-refractivity contribution is 5.79. The molecule has 29 heavy (non-hydrogen) atoms. The van der Waals surface area contributed by atoms with E-state index < -0.39 is 0 Å². The van der Waals surface area contributed by atoms with E-state index in [4.69, 9.17) is 9.15 Å². The first kappa shape index (κ1) is 20.5. The second-order valence-electron chi connectivity index (χ2n) is 7.10. The third kappa shape index (κ3) is 6.10. The Balaban J connectivity index is 1.50. The molecule has 0 radical (unpaired) electrons. The Morgan fingerprint density at radius 3 is 2.38 bits per heavy atom. The molecule has 0 fully saturated rings. The SMILES string of the molecule is CN=C(NCc1ccc(OC(C)C)cc1)NCc1coc(-c2ccc(C)cc2)n1. The molecule has 6 nitrogen and oxygen atoms in total. The van der Waals surface area contributed by atoms with E-state index in [2.05, 4.69) is 27.5 Å². The molecule has 3 rings (SSSR count). The molecular formula is C23H28N4O2. The zero-order chi connectivity index (χ0) is 20.6. The number of hydrogen-bond donors (Lipinski definition) is 2. The third-order valence-corrected chi connectivity index (χ3v) is 4.27. The van der Waals surface area contributed by atoms with Crippen molar-refractivity contribution in [3.8, 4) is 17.2 Å². The van der Waals surface area contributed by atoms with Gasteiger partial charge in [0.05, 0.1) is 18.3 Å². The smallest absolute Gasteiger partial charge is 0.226 e. The summed E-state index contributed by atoms with van der Waals surface area (Å²) in [6.45, 7) is 7.28. The number of guanidine groups is 1. The van der Waals surface area contributed by atoms with E-state index in [-0.39, 0.29) is 6.10 Å². The van der Waals surface area contributed by atoms with Crippen LogP contribution in [0.4, 0.5) is 0 Å². The lowest BCUT2D eigenvalue weighted by Crippen LogP contribution is -2.36. The molecule has 1 aromatic heterocycles. The lowest BCUT2D eigenvalue weighted by molar-refractivity contribution is 0.242. The Hall–Kier alpha value is -3.28. The molecule has 2 aromatic carbocycles. The number of nitrogens with one attached hydrogen (secondary N) is 2. The van der Waals surface area contributed by atoms with Crippen molar-refractivity contribution in [2.24, 2.45) is 4.99 Å². The largest absolute Gasteiger partial charge is 0.491 e. The van der Waals surface area contributed by atoms with Gasteiger partial charge in [-0.3, -0.25) is 4.99 Å². The normalized spacial score (nSPS) is 11.6. The number of aryl methyl sites for hydroxylation is 1. The first-order valence-electron chi connectivity index (χ1n) is 9.75. The summed E-state index contributed by atoms with van der Waals surface area (Å²) in [4.78, 5) is 8.80. The number of nitrogens with zero attached hydrogens (tertiary/aromatic N) is 2. The molecule has 6 heteroatoms. The fraction of sp³-hybridized carbons (Fsp3) is 0.304. The van der Waals surface area contributed by atoms with Crippen LogP contribution in [0.1, 0.15) is 30.7 Å². The molecule has 0 aliphatic carbocycles. The van der Waals surface area contributed by atoms with E-state index >= 15 is 0 Å². The number of aromatic nitrogens is 1. The van der Waals surface area contributed by atoms with Crippen LogP contribution in [0.5, 0.6) is 5.75 Å². The van der Waals surface area contributed by atoms with E-state index in [1.54, 1.807) is 13.3 Å². The zero-order valence-electron chi connectivity index (χ0n) is 17.4. The standard InChI is InChI=1S/C23H28N4O2/c1-16(2)29-21-11-7-18(8-12-21)13-25-23(24-4)26-14-20-15-28-22(27-20)19-9-5-17(3)6-10-19/h5-12,15-16H,13-14H2,1-4H3,(H2,24,25,26). The van der Waals surface area contributed by atoms with E-state index in [1.807, 2.05) is 62.4 Å². The minimum Gasteiger partial charge on any atom is -0.491 e. The Bertz CT molecular complexity index is 928. The number of oxazole rings is 1. The van der Waals surface area contributed by atoms with E-state index in [0.717, 1.165) is 22.6 Å². The molecule has 0 atom stereocenters. The summed E-state index contributed by atoms with van der Waals surface area (Å²) in [5.41, 5.74) is 4.14. The van der Waals surface area contributed by atoms with E-state index in [0.29, 0.717) is 24.9 Å². The molecule has 0 aliphatic rings. The summed E-state index contributed by atoms with van der Waals surface area (Å²) in [5, 5.41) is 6.56. The molecule has 0 bridgehead atoms. The number of hydrogen-bond acceptors (Lipinski definition) is 4. The van der Waals surface area contributed by atoms with Crippen LogP contribution in [0.25, 0.3) is 11.5 Å². The van der Waals surface area contributed by atoms with Crippen LogP contribution in [-0.2, 0) is 13.1 Å². The van der Waals surface area contributed by atoms with Gasteiger partial charge in [-0.05, 0) is 50.6 Å². The molecule has 0 spiro atoms. The van der Waals surface area contributed by atoms with Gasteiger partial charge in [0, 0.05) is 19.2 Å². The zero-order valence-corrected chi connectivity index (χ0v) is 17.4. The maximum Gasteiger partial charge on any atom is 0.226 e. The van der Waals surface area contributed by atoms with Crippen molar-refractivity contribution in [3.63, 3.8) is 0 Å². The molecule has 0 amide bonds. The van der Waals surface area contributed by atoms with Crippen molar-refractivity contribution >= 4 is 5.96 Å². The molecule has 3 aromatic rings. The van der Waals surface area contributed by atoms with Gasteiger partial charge in [-0.15, -0.1) is 0 Å². The minimum atomic E-state index is 0.171. The van der Waals surface area contributed by atoms with Gasteiger partial charge >= 0.3 is 0 Å². The second-order valence-corrected chi connectivity index (χ2v) is 7.10. The lowest BCUT2D eigenvalue weighted by atomic mass is 10.1. The van der Waals surface area contributed by atoms with Gasteiger partial charge < -0.3 is 19.8 Å². The van der Waals surface area contributed by atoms with Gasteiger partial charge in [0.2, 0.25) is 5.89 Å². The Morgan fingerprint density at radius 1 is 1.03 bits per heavy atom. The summed E-state index contributed by atoms with van der Waals surface area (Å²) in [5.74, 6) is 2.20. The highest BCUT2D eigenvalue weighted by atomic mass is 16.5. The van der Waals surface area contributed by atoms with Gasteiger partial charge in [0.25, 0.3) is 0 Å². The summed E-state index contributed by atoms with van der Waals surface area (Å²) >= 11 is 0. The van der Waals surface area contributed by atoms with Crippen molar-refractivity contribution in [1.29, 1.82) is 0 Å². The van der Waals surface area contributed by atoms with Crippen molar-refractivity contribution < 1.29 is 9.15 Å². The Labute approximate surface area is 172 Å². The molecule has 0 aliphatic heterocycles. The monoisotopic (exact) mass is 392 g/mol. The highest BCUT2D eigenvalue weighted by Crippen LogP contribution is 2.19. The first-order chi connectivity index (χ1) is 14.0. The fourth-order valence-electron chi connectivity index (χ4n) is 2.76. The average molecular weight is 393 g/mol. The summed E-state index contributed by atoms with van der Waals surface area (Å²) in [6.07, 6.45) is 1.84. The van der Waals surface area contributed by atoms with Crippen LogP contribution in [0.15, 0.2) is 64.2 Å². The van der Waals surface area contributed by atoms with Crippen LogP contribution < -0.4 is 15.4 Å². The van der Waals surface area contributed by atoms with Gasteiger partial charge in [-0.25, -0.2) is 4.98 Å². The average Bonchev–Trinajstić information content (AvgIpc) is 3.18. The number of rotatable bonds is 7. The molecule has 0 saturated carbocycles. The summed E-state index contributed by atoms with van der Waals surface area (Å²) < 4.78 is 11.3. The van der Waals surface area contributed by atoms with Gasteiger partial charge in [0.1, 0.15) is 12.0 Å². The maximum absolute atomic E-state index is 5.67. The summed E-state index contributed by atoms with van der Waals surface area (Å²) in [7, 11) is 1.75. The van der Waals surface area contributed by atoms with Crippen molar-refractivity contribution in [2.45, 2.75) is 40.0 Å². The van der Waals surface area contributed by atoms with Crippen molar-refractivity contribution in [2.75, 3.05) is 7.05 Å². The van der Waals surface area contributed by atoms with Crippen molar-refractivity contribution in [3.05, 3.63) is 71.6 Å². The van der Waals surface area contributed by atoms with Crippen LogP contribution in [0.3, 0.4) is 0 Å². The quantitative estimate of drug-likeness (QED) is 0.463. The van der Waals surface area contributed by atoms with Gasteiger partial charge in [-0.2, -0.15) is 0 Å². The van der Waals surface area contributed by atoms with Gasteiger partial charge in [-0.1, -0.05) is 29.8 Å². The topological polar surface area (TPSA) is 71.7 Å².